The Kier molecular flexibility index (Phi) is 6.23. The zero-order valence-electron chi connectivity index (χ0n) is 11.4. The van der Waals surface area contributed by atoms with E-state index in [1.165, 1.54) is 6.07 Å². The lowest BCUT2D eigenvalue weighted by molar-refractivity contribution is 0.0695. The number of hydrogen-bond donors (Lipinski definition) is 3. The molecule has 0 saturated heterocycles. The van der Waals surface area contributed by atoms with Gasteiger partial charge in [-0.15, -0.1) is 0 Å². The van der Waals surface area contributed by atoms with Gasteiger partial charge in [0.05, 0.1) is 6.54 Å². The van der Waals surface area contributed by atoms with E-state index in [4.69, 9.17) is 9.52 Å². The van der Waals surface area contributed by atoms with Gasteiger partial charge in [0.2, 0.25) is 0 Å². The number of carboxylic acid groups (broad SMARTS) is 1. The summed E-state index contributed by atoms with van der Waals surface area (Å²) >= 11 is 0. The Hall–Kier alpha value is -1.83. The van der Waals surface area contributed by atoms with Crippen LogP contribution >= 0.6 is 0 Å². The second-order valence-corrected chi connectivity index (χ2v) is 5.78. The third-order valence-electron chi connectivity index (χ3n) is 2.52. The monoisotopic (exact) mass is 302 g/mol. The molecule has 3 N–H and O–H groups in total. The Balaban J connectivity index is 2.32. The van der Waals surface area contributed by atoms with Gasteiger partial charge in [-0.1, -0.05) is 0 Å². The highest BCUT2D eigenvalue weighted by atomic mass is 32.2. The summed E-state index contributed by atoms with van der Waals surface area (Å²) in [4.78, 5) is 22.2. The van der Waals surface area contributed by atoms with E-state index in [0.717, 1.165) is 0 Å². The van der Waals surface area contributed by atoms with Crippen molar-refractivity contribution in [1.82, 2.24) is 10.6 Å². The van der Waals surface area contributed by atoms with E-state index in [-0.39, 0.29) is 18.1 Å². The summed E-state index contributed by atoms with van der Waals surface area (Å²) in [7, 11) is -0.860. The highest BCUT2D eigenvalue weighted by Gasteiger charge is 2.13. The molecule has 0 aliphatic heterocycles. The van der Waals surface area contributed by atoms with Crippen molar-refractivity contribution >= 4 is 22.8 Å². The number of carbonyl (C=O) groups excluding carboxylic acids is 1. The minimum atomic E-state index is -1.06. The summed E-state index contributed by atoms with van der Waals surface area (Å²) in [6.45, 7) is 2.10. The number of carboxylic acids is 1. The summed E-state index contributed by atoms with van der Waals surface area (Å²) < 4.78 is 16.0. The Morgan fingerprint density at radius 3 is 2.65 bits per heavy atom. The van der Waals surface area contributed by atoms with E-state index >= 15 is 0 Å². The van der Waals surface area contributed by atoms with Gasteiger partial charge in [0.15, 0.2) is 0 Å². The van der Waals surface area contributed by atoms with Crippen molar-refractivity contribution in [2.45, 2.75) is 19.9 Å². The Morgan fingerprint density at radius 1 is 1.40 bits per heavy atom. The fourth-order valence-corrected chi connectivity index (χ4v) is 2.10. The molecule has 1 rings (SSSR count). The van der Waals surface area contributed by atoms with Crippen LogP contribution in [-0.4, -0.2) is 39.9 Å². The molecule has 8 heteroatoms. The summed E-state index contributed by atoms with van der Waals surface area (Å²) in [5.74, 6) is 0.166. The summed E-state index contributed by atoms with van der Waals surface area (Å²) in [6.07, 6.45) is 2.25. The van der Waals surface area contributed by atoms with Crippen molar-refractivity contribution in [3.8, 4) is 0 Å². The topological polar surface area (TPSA) is 109 Å². The fourth-order valence-electron chi connectivity index (χ4n) is 1.55. The fraction of sp³-hybridized carbons (Fsp3) is 0.500. The van der Waals surface area contributed by atoms with Crippen LogP contribution in [0.5, 0.6) is 0 Å². The summed E-state index contributed by atoms with van der Waals surface area (Å²) in [6, 6.07) is 1.01. The molecular weight excluding hydrogens is 284 g/mol. The van der Waals surface area contributed by atoms with Gasteiger partial charge in [-0.05, 0) is 19.4 Å². The largest absolute Gasteiger partial charge is 0.478 e. The van der Waals surface area contributed by atoms with Crippen LogP contribution in [0.3, 0.4) is 0 Å². The van der Waals surface area contributed by atoms with Gasteiger partial charge >= 0.3 is 12.0 Å². The predicted octanol–water partition coefficient (Wildman–Crippen LogP) is 0.854. The maximum atomic E-state index is 11.4. The van der Waals surface area contributed by atoms with Crippen LogP contribution in [0.4, 0.5) is 4.79 Å². The standard InChI is InChI=1S/C12H18N2O5S/c1-8-10(11(15)16)6-9(19-8)7-14-12(17)13-4-3-5-20(2)18/h6H,3-5,7H2,1-2H3,(H,15,16)(H2,13,14,17). The van der Waals surface area contributed by atoms with Gasteiger partial charge in [-0.2, -0.15) is 0 Å². The van der Waals surface area contributed by atoms with Crippen molar-refractivity contribution in [2.24, 2.45) is 0 Å². The van der Waals surface area contributed by atoms with Crippen LogP contribution < -0.4 is 10.6 Å². The number of carbonyl (C=O) groups is 2. The minimum Gasteiger partial charge on any atom is -0.478 e. The van der Waals surface area contributed by atoms with Gasteiger partial charge in [0.1, 0.15) is 17.1 Å². The molecule has 1 aromatic heterocycles. The third kappa shape index (κ3) is 5.43. The molecule has 0 bridgehead atoms. The molecule has 7 nitrogen and oxygen atoms in total. The first kappa shape index (κ1) is 16.2. The van der Waals surface area contributed by atoms with Crippen LogP contribution in [0.1, 0.15) is 28.3 Å². The highest BCUT2D eigenvalue weighted by Crippen LogP contribution is 2.14. The molecule has 112 valence electrons. The lowest BCUT2D eigenvalue weighted by Crippen LogP contribution is -2.35. The van der Waals surface area contributed by atoms with Gasteiger partial charge in [-0.3, -0.25) is 4.21 Å². The Morgan fingerprint density at radius 2 is 2.10 bits per heavy atom. The molecule has 0 aliphatic rings. The molecule has 1 atom stereocenters. The number of nitrogens with one attached hydrogen (secondary N) is 2. The maximum Gasteiger partial charge on any atom is 0.339 e. The molecule has 0 fully saturated rings. The van der Waals surface area contributed by atoms with Gasteiger partial charge in [-0.25, -0.2) is 9.59 Å². The number of hydrogen-bond acceptors (Lipinski definition) is 4. The highest BCUT2D eigenvalue weighted by molar-refractivity contribution is 7.84. The van der Waals surface area contributed by atoms with Crippen molar-refractivity contribution in [2.75, 3.05) is 18.6 Å². The van der Waals surface area contributed by atoms with Gasteiger partial charge < -0.3 is 20.2 Å². The van der Waals surface area contributed by atoms with E-state index < -0.39 is 16.8 Å². The van der Waals surface area contributed by atoms with Crippen LogP contribution in [0.15, 0.2) is 10.5 Å². The molecule has 2 amide bonds. The number of aromatic carboxylic acids is 1. The number of amides is 2. The van der Waals surface area contributed by atoms with Crippen LogP contribution in [0.25, 0.3) is 0 Å². The van der Waals surface area contributed by atoms with Crippen LogP contribution in [0.2, 0.25) is 0 Å². The van der Waals surface area contributed by atoms with Gasteiger partial charge in [0, 0.05) is 29.4 Å². The normalized spacial score (nSPS) is 11.9. The van der Waals surface area contributed by atoms with E-state index in [1.54, 1.807) is 13.2 Å². The summed E-state index contributed by atoms with van der Waals surface area (Å²) in [5.41, 5.74) is 0.0904. The quantitative estimate of drug-likeness (QED) is 0.647. The molecular formula is C12H18N2O5S. The average molecular weight is 302 g/mol. The number of rotatable bonds is 7. The summed E-state index contributed by atoms with van der Waals surface area (Å²) in [5, 5.41) is 14.0. The zero-order chi connectivity index (χ0) is 15.1. The van der Waals surface area contributed by atoms with Crippen molar-refractivity contribution in [3.05, 3.63) is 23.2 Å². The van der Waals surface area contributed by atoms with Gasteiger partial charge in [0.25, 0.3) is 0 Å². The molecule has 0 aromatic carbocycles. The second kappa shape index (κ2) is 7.68. The van der Waals surface area contributed by atoms with E-state index in [0.29, 0.717) is 30.2 Å². The molecule has 0 saturated carbocycles. The Labute approximate surface area is 119 Å². The third-order valence-corrected chi connectivity index (χ3v) is 3.38. The number of furan rings is 1. The minimum absolute atomic E-state index is 0.0904. The predicted molar refractivity (Wildman–Crippen MR) is 74.2 cm³/mol. The van der Waals surface area contributed by atoms with E-state index in [1.807, 2.05) is 0 Å². The first-order valence-corrected chi connectivity index (χ1v) is 7.77. The van der Waals surface area contributed by atoms with E-state index in [9.17, 15) is 13.8 Å². The van der Waals surface area contributed by atoms with Crippen molar-refractivity contribution < 1.29 is 23.3 Å². The average Bonchev–Trinajstić information content (AvgIpc) is 2.73. The zero-order valence-corrected chi connectivity index (χ0v) is 12.2. The lowest BCUT2D eigenvalue weighted by atomic mass is 10.2. The molecule has 0 radical (unpaired) electrons. The molecule has 0 spiro atoms. The second-order valence-electron chi connectivity index (χ2n) is 4.23. The van der Waals surface area contributed by atoms with Crippen LogP contribution in [-0.2, 0) is 17.3 Å². The first-order chi connectivity index (χ1) is 9.40. The van der Waals surface area contributed by atoms with Crippen molar-refractivity contribution in [3.63, 3.8) is 0 Å². The maximum absolute atomic E-state index is 11.4. The molecule has 0 aliphatic carbocycles. The Bertz CT molecular complexity index is 512. The molecule has 20 heavy (non-hydrogen) atoms. The van der Waals surface area contributed by atoms with Crippen LogP contribution in [0, 0.1) is 6.92 Å². The smallest absolute Gasteiger partial charge is 0.339 e. The molecule has 1 unspecified atom stereocenters. The number of aryl methyl sites for hydroxylation is 1. The number of urea groups is 1. The lowest BCUT2D eigenvalue weighted by Gasteiger charge is -2.05. The van der Waals surface area contributed by atoms with E-state index in [2.05, 4.69) is 10.6 Å². The first-order valence-electron chi connectivity index (χ1n) is 6.04. The SMILES string of the molecule is Cc1oc(CNC(=O)NCCCS(C)=O)cc1C(=O)O. The molecule has 1 aromatic rings. The molecule has 1 heterocycles. The van der Waals surface area contributed by atoms with Crippen molar-refractivity contribution in [1.29, 1.82) is 0 Å².